The highest BCUT2D eigenvalue weighted by atomic mass is 16.6. The van der Waals surface area contributed by atoms with Gasteiger partial charge in [0.1, 0.15) is 29.2 Å². The van der Waals surface area contributed by atoms with Crippen molar-refractivity contribution in [3.05, 3.63) is 12.2 Å². The lowest BCUT2D eigenvalue weighted by Gasteiger charge is -2.29. The van der Waals surface area contributed by atoms with Crippen molar-refractivity contribution >= 4 is 17.0 Å². The van der Waals surface area contributed by atoms with E-state index in [1.165, 1.54) is 13.4 Å². The predicted octanol–water partition coefficient (Wildman–Crippen LogP) is -0.627. The van der Waals surface area contributed by atoms with Gasteiger partial charge in [0.2, 0.25) is 0 Å². The number of imidazole rings is 1. The van der Waals surface area contributed by atoms with E-state index in [1.807, 2.05) is 0 Å². The first-order valence-electron chi connectivity index (χ1n) is 6.88. The molecule has 1 aliphatic rings. The van der Waals surface area contributed by atoms with Gasteiger partial charge in [-0.3, -0.25) is 4.57 Å². The lowest BCUT2D eigenvalue weighted by Crippen LogP contribution is -2.45. The summed E-state index contributed by atoms with van der Waals surface area (Å²) in [7, 11) is 1.46. The van der Waals surface area contributed by atoms with Crippen LogP contribution in [-0.2, 0) is 9.47 Å². The number of fused-ring (bicyclic) bond motifs is 1. The third kappa shape index (κ3) is 2.05. The molecule has 22 heavy (non-hydrogen) atoms. The number of methoxy groups -OCH3 is 1. The number of nitrogens with zero attached hydrogens (tertiary/aromatic N) is 4. The van der Waals surface area contributed by atoms with E-state index in [9.17, 15) is 10.2 Å². The van der Waals surface area contributed by atoms with Crippen molar-refractivity contribution in [1.82, 2.24) is 19.5 Å². The van der Waals surface area contributed by atoms with Crippen LogP contribution in [0.4, 0.5) is 5.82 Å². The van der Waals surface area contributed by atoms with Gasteiger partial charge in [-0.05, 0) is 13.8 Å². The summed E-state index contributed by atoms with van der Waals surface area (Å²) < 4.78 is 12.6. The van der Waals surface area contributed by atoms with Crippen molar-refractivity contribution < 1.29 is 19.7 Å². The van der Waals surface area contributed by atoms with E-state index in [-0.39, 0.29) is 12.4 Å². The number of aliphatic hydroxyl groups is 2. The van der Waals surface area contributed by atoms with Crippen molar-refractivity contribution in [1.29, 1.82) is 0 Å². The van der Waals surface area contributed by atoms with E-state index in [2.05, 4.69) is 15.0 Å². The number of anilines is 1. The van der Waals surface area contributed by atoms with Gasteiger partial charge >= 0.3 is 0 Å². The van der Waals surface area contributed by atoms with E-state index in [0.717, 1.165) is 0 Å². The minimum atomic E-state index is -1.37. The normalized spacial score (nSPS) is 32.0. The largest absolute Gasteiger partial charge is 0.394 e. The van der Waals surface area contributed by atoms with Crippen LogP contribution in [-0.4, -0.2) is 61.3 Å². The maximum absolute atomic E-state index is 10.8. The Morgan fingerprint density at radius 3 is 2.82 bits per heavy atom. The molecule has 3 heterocycles. The van der Waals surface area contributed by atoms with Gasteiger partial charge in [-0.1, -0.05) is 0 Å². The second kappa shape index (κ2) is 5.13. The Morgan fingerprint density at radius 2 is 2.23 bits per heavy atom. The highest BCUT2D eigenvalue weighted by Gasteiger charge is 2.54. The number of aryl methyl sites for hydroxylation is 1. The van der Waals surface area contributed by atoms with Gasteiger partial charge in [0.25, 0.3) is 0 Å². The molecule has 0 unspecified atom stereocenters. The third-order valence-corrected chi connectivity index (χ3v) is 3.96. The summed E-state index contributed by atoms with van der Waals surface area (Å²) in [5.41, 5.74) is 5.38. The fourth-order valence-electron chi connectivity index (χ4n) is 2.99. The minimum absolute atomic E-state index is 0.265. The number of ether oxygens (including phenoxy) is 2. The van der Waals surface area contributed by atoms with Gasteiger partial charge in [0.05, 0.1) is 12.9 Å². The Labute approximate surface area is 126 Å². The summed E-state index contributed by atoms with van der Waals surface area (Å²) in [4.78, 5) is 12.6. The van der Waals surface area contributed by atoms with Crippen LogP contribution in [0.15, 0.2) is 6.33 Å². The first-order valence-corrected chi connectivity index (χ1v) is 6.88. The maximum Gasteiger partial charge on any atom is 0.168 e. The van der Waals surface area contributed by atoms with E-state index in [1.54, 1.807) is 18.4 Å². The second-order valence-corrected chi connectivity index (χ2v) is 5.57. The number of rotatable bonds is 3. The van der Waals surface area contributed by atoms with E-state index < -0.39 is 24.0 Å². The standard InChI is InChI=1S/C13H19N5O4/c1-6-16-10(14)8-11(17-6)18(5-15-8)12-13(2,20)9(21-3)7(4-19)22-12/h5,7,9,12,19-20H,4H2,1-3H3,(H2,14,16,17)/t7-,9-,12-,13-/m1/s1. The maximum atomic E-state index is 10.8. The minimum Gasteiger partial charge on any atom is -0.394 e. The lowest BCUT2D eigenvalue weighted by molar-refractivity contribution is -0.101. The van der Waals surface area contributed by atoms with Crippen LogP contribution in [0.2, 0.25) is 0 Å². The molecule has 2 aromatic heterocycles. The van der Waals surface area contributed by atoms with E-state index >= 15 is 0 Å². The zero-order chi connectivity index (χ0) is 16.1. The topological polar surface area (TPSA) is 129 Å². The molecule has 1 aliphatic heterocycles. The molecule has 0 bridgehead atoms. The Balaban J connectivity index is 2.11. The molecule has 0 spiro atoms. The van der Waals surface area contributed by atoms with Crippen molar-refractivity contribution in [2.75, 3.05) is 19.5 Å². The SMILES string of the molecule is CO[C@@H]1[C@@H](CO)O[C@@H](n2cnc3c(N)nc(C)nc32)[C@]1(C)O. The summed E-state index contributed by atoms with van der Waals surface area (Å²) in [5.74, 6) is 0.757. The summed E-state index contributed by atoms with van der Waals surface area (Å²) in [6, 6.07) is 0. The highest BCUT2D eigenvalue weighted by Crippen LogP contribution is 2.40. The zero-order valence-electron chi connectivity index (χ0n) is 12.6. The van der Waals surface area contributed by atoms with Gasteiger partial charge in [0.15, 0.2) is 17.7 Å². The molecule has 120 valence electrons. The average Bonchev–Trinajstić information content (AvgIpc) is 2.96. The first-order chi connectivity index (χ1) is 10.4. The first kappa shape index (κ1) is 15.1. The van der Waals surface area contributed by atoms with Crippen LogP contribution in [0.5, 0.6) is 0 Å². The molecule has 4 N–H and O–H groups in total. The molecular weight excluding hydrogens is 290 g/mol. The monoisotopic (exact) mass is 309 g/mol. The summed E-state index contributed by atoms with van der Waals surface area (Å²) in [5, 5.41) is 20.2. The quantitative estimate of drug-likeness (QED) is 0.683. The van der Waals surface area contributed by atoms with Crippen molar-refractivity contribution in [3.63, 3.8) is 0 Å². The fourth-order valence-corrected chi connectivity index (χ4v) is 2.99. The molecule has 0 aliphatic carbocycles. The number of nitrogens with two attached hydrogens (primary N) is 1. The molecule has 4 atom stereocenters. The van der Waals surface area contributed by atoms with Crippen LogP contribution in [0, 0.1) is 6.92 Å². The van der Waals surface area contributed by atoms with Crippen molar-refractivity contribution in [2.45, 2.75) is 37.9 Å². The third-order valence-electron chi connectivity index (χ3n) is 3.96. The zero-order valence-corrected chi connectivity index (χ0v) is 12.6. The smallest absolute Gasteiger partial charge is 0.168 e. The fraction of sp³-hybridized carbons (Fsp3) is 0.615. The van der Waals surface area contributed by atoms with Crippen LogP contribution < -0.4 is 5.73 Å². The molecule has 9 heteroatoms. The molecule has 2 aromatic rings. The van der Waals surface area contributed by atoms with Crippen LogP contribution in [0.1, 0.15) is 19.0 Å². The number of hydrogen-bond donors (Lipinski definition) is 3. The summed E-state index contributed by atoms with van der Waals surface area (Å²) in [6.45, 7) is 3.04. The number of nitrogen functional groups attached to an aromatic ring is 1. The van der Waals surface area contributed by atoms with Gasteiger partial charge in [-0.2, -0.15) is 0 Å². The Bertz CT molecular complexity index is 701. The molecule has 9 nitrogen and oxygen atoms in total. The molecule has 0 aromatic carbocycles. The van der Waals surface area contributed by atoms with Gasteiger partial charge in [-0.25, -0.2) is 15.0 Å². The van der Waals surface area contributed by atoms with Gasteiger partial charge in [0, 0.05) is 7.11 Å². The van der Waals surface area contributed by atoms with Gasteiger partial charge in [-0.15, -0.1) is 0 Å². The number of aromatic nitrogens is 4. The van der Waals surface area contributed by atoms with Crippen LogP contribution in [0.25, 0.3) is 11.2 Å². The molecule has 3 rings (SSSR count). The van der Waals surface area contributed by atoms with E-state index in [0.29, 0.717) is 17.0 Å². The molecule has 0 radical (unpaired) electrons. The van der Waals surface area contributed by atoms with Crippen molar-refractivity contribution in [3.8, 4) is 0 Å². The second-order valence-electron chi connectivity index (χ2n) is 5.57. The molecular formula is C13H19N5O4. The van der Waals surface area contributed by atoms with Crippen LogP contribution in [0.3, 0.4) is 0 Å². The number of aliphatic hydroxyl groups excluding tert-OH is 1. The highest BCUT2D eigenvalue weighted by molar-refractivity contribution is 5.81. The molecule has 0 saturated carbocycles. The lowest BCUT2D eigenvalue weighted by atomic mass is 9.96. The summed E-state index contributed by atoms with van der Waals surface area (Å²) in [6.07, 6.45) is -0.655. The Kier molecular flexibility index (Phi) is 3.52. The average molecular weight is 309 g/mol. The van der Waals surface area contributed by atoms with Crippen molar-refractivity contribution in [2.24, 2.45) is 0 Å². The molecule has 1 saturated heterocycles. The van der Waals surface area contributed by atoms with Crippen LogP contribution >= 0.6 is 0 Å². The Hall–Kier alpha value is -1.81. The predicted molar refractivity (Wildman–Crippen MR) is 76.9 cm³/mol. The Morgan fingerprint density at radius 1 is 1.50 bits per heavy atom. The molecule has 0 amide bonds. The number of hydrogen-bond acceptors (Lipinski definition) is 8. The van der Waals surface area contributed by atoms with E-state index in [4.69, 9.17) is 15.2 Å². The van der Waals surface area contributed by atoms with Gasteiger partial charge < -0.3 is 25.4 Å². The summed E-state index contributed by atoms with van der Waals surface area (Å²) >= 11 is 0. The molecule has 1 fully saturated rings.